The molecule has 1 aliphatic rings. The van der Waals surface area contributed by atoms with Crippen molar-refractivity contribution in [3.63, 3.8) is 0 Å². The van der Waals surface area contributed by atoms with Crippen LogP contribution in [-0.2, 0) is 0 Å². The maximum absolute atomic E-state index is 4.68. The maximum atomic E-state index is 4.68. The third kappa shape index (κ3) is 4.25. The normalized spacial score (nSPS) is 14.2. The lowest BCUT2D eigenvalue weighted by atomic mass is 10.2. The van der Waals surface area contributed by atoms with Crippen LogP contribution in [0.4, 0.5) is 23.0 Å². The minimum atomic E-state index is 0.786. The zero-order valence-corrected chi connectivity index (χ0v) is 16.8. The van der Waals surface area contributed by atoms with E-state index in [4.69, 9.17) is 0 Å². The second-order valence-corrected chi connectivity index (χ2v) is 7.47. The van der Waals surface area contributed by atoms with Crippen molar-refractivity contribution in [2.75, 3.05) is 41.3 Å². The molecule has 1 aromatic heterocycles. The zero-order valence-electron chi connectivity index (χ0n) is 16.8. The lowest BCUT2D eigenvalue weighted by Crippen LogP contribution is -2.47. The Labute approximate surface area is 167 Å². The maximum Gasteiger partial charge on any atom is 0.136 e. The molecule has 1 N–H and O–H groups in total. The van der Waals surface area contributed by atoms with Crippen molar-refractivity contribution in [2.24, 2.45) is 0 Å². The van der Waals surface area contributed by atoms with E-state index in [0.717, 1.165) is 49.3 Å². The fourth-order valence-corrected chi connectivity index (χ4v) is 3.67. The van der Waals surface area contributed by atoms with Gasteiger partial charge in [0.25, 0.3) is 0 Å². The average Bonchev–Trinajstić information content (AvgIpc) is 2.68. The smallest absolute Gasteiger partial charge is 0.136 e. The summed E-state index contributed by atoms with van der Waals surface area (Å²) in [7, 11) is 0. The van der Waals surface area contributed by atoms with Crippen LogP contribution in [0.3, 0.4) is 0 Å². The fourth-order valence-electron chi connectivity index (χ4n) is 3.67. The van der Waals surface area contributed by atoms with E-state index in [9.17, 15) is 0 Å². The largest absolute Gasteiger partial charge is 0.368 e. The van der Waals surface area contributed by atoms with E-state index < -0.39 is 0 Å². The molecule has 0 aliphatic carbocycles. The van der Waals surface area contributed by atoms with Gasteiger partial charge in [-0.15, -0.1) is 0 Å². The Morgan fingerprint density at radius 3 is 2.14 bits per heavy atom. The summed E-state index contributed by atoms with van der Waals surface area (Å²) in [5.74, 6) is 2.62. The van der Waals surface area contributed by atoms with Crippen LogP contribution in [0.25, 0.3) is 0 Å². The highest BCUT2D eigenvalue weighted by molar-refractivity contribution is 5.61. The summed E-state index contributed by atoms with van der Waals surface area (Å²) in [5.41, 5.74) is 4.88. The molecule has 1 fully saturated rings. The molecule has 0 radical (unpaired) electrons. The van der Waals surface area contributed by atoms with Crippen LogP contribution in [0, 0.1) is 20.8 Å². The van der Waals surface area contributed by atoms with Gasteiger partial charge in [0.15, 0.2) is 0 Å². The first kappa shape index (κ1) is 18.3. The van der Waals surface area contributed by atoms with Crippen molar-refractivity contribution in [2.45, 2.75) is 20.8 Å². The van der Waals surface area contributed by atoms with Crippen molar-refractivity contribution >= 4 is 23.0 Å². The van der Waals surface area contributed by atoms with E-state index in [2.05, 4.69) is 93.5 Å². The second-order valence-electron chi connectivity index (χ2n) is 7.47. The van der Waals surface area contributed by atoms with Crippen LogP contribution < -0.4 is 15.1 Å². The summed E-state index contributed by atoms with van der Waals surface area (Å²) < 4.78 is 0. The van der Waals surface area contributed by atoms with E-state index >= 15 is 0 Å². The Morgan fingerprint density at radius 2 is 1.43 bits per heavy atom. The fraction of sp³-hybridized carbons (Fsp3) is 0.304. The predicted octanol–water partition coefficient (Wildman–Crippen LogP) is 4.47. The Morgan fingerprint density at radius 1 is 0.750 bits per heavy atom. The molecule has 5 nitrogen and oxygen atoms in total. The number of anilines is 4. The number of nitrogens with one attached hydrogen (secondary N) is 1. The summed E-state index contributed by atoms with van der Waals surface area (Å²) in [6.45, 7) is 10.1. The van der Waals surface area contributed by atoms with Gasteiger partial charge in [-0.05, 0) is 56.2 Å². The molecule has 0 saturated carbocycles. The molecule has 3 aromatic rings. The van der Waals surface area contributed by atoms with E-state index in [0.29, 0.717) is 0 Å². The average molecular weight is 374 g/mol. The summed E-state index contributed by atoms with van der Waals surface area (Å²) in [6.07, 6.45) is 0. The van der Waals surface area contributed by atoms with Gasteiger partial charge in [-0.1, -0.05) is 24.3 Å². The second kappa shape index (κ2) is 7.89. The minimum absolute atomic E-state index is 0.786. The van der Waals surface area contributed by atoms with Crippen molar-refractivity contribution in [3.05, 3.63) is 71.5 Å². The molecule has 0 atom stereocenters. The van der Waals surface area contributed by atoms with Crippen LogP contribution in [0.2, 0.25) is 0 Å². The predicted molar refractivity (Wildman–Crippen MR) is 117 cm³/mol. The lowest BCUT2D eigenvalue weighted by Gasteiger charge is -2.37. The standard InChI is InChI=1S/C23H27N5/c1-17-6-4-8-20(14-17)26-22-16-23(25-19(3)24-22)28-12-10-27(11-13-28)21-9-5-7-18(2)15-21/h4-9,14-16H,10-13H2,1-3H3,(H,24,25,26). The van der Waals surface area contributed by atoms with Gasteiger partial charge in [0.2, 0.25) is 0 Å². The summed E-state index contributed by atoms with van der Waals surface area (Å²) in [5, 5.41) is 3.42. The number of piperazine rings is 1. The highest BCUT2D eigenvalue weighted by Crippen LogP contribution is 2.23. The molecule has 0 bridgehead atoms. The number of hydrogen-bond acceptors (Lipinski definition) is 5. The highest BCUT2D eigenvalue weighted by Gasteiger charge is 2.19. The van der Waals surface area contributed by atoms with E-state index in [1.54, 1.807) is 0 Å². The molecule has 2 heterocycles. The van der Waals surface area contributed by atoms with Gasteiger partial charge in [-0.25, -0.2) is 9.97 Å². The Hall–Kier alpha value is -3.08. The molecule has 0 amide bonds. The topological polar surface area (TPSA) is 44.3 Å². The number of nitrogens with zero attached hydrogens (tertiary/aromatic N) is 4. The molecule has 28 heavy (non-hydrogen) atoms. The summed E-state index contributed by atoms with van der Waals surface area (Å²) in [6, 6.07) is 19.1. The molecule has 0 unspecified atom stereocenters. The van der Waals surface area contributed by atoms with Crippen LogP contribution >= 0.6 is 0 Å². The number of aryl methyl sites for hydroxylation is 3. The summed E-state index contributed by atoms with van der Waals surface area (Å²) in [4.78, 5) is 14.0. The van der Waals surface area contributed by atoms with Gasteiger partial charge in [0.1, 0.15) is 17.5 Å². The van der Waals surface area contributed by atoms with Gasteiger partial charge in [-0.2, -0.15) is 0 Å². The van der Waals surface area contributed by atoms with Gasteiger partial charge >= 0.3 is 0 Å². The first-order valence-corrected chi connectivity index (χ1v) is 9.83. The molecule has 5 heteroatoms. The number of hydrogen-bond donors (Lipinski definition) is 1. The van der Waals surface area contributed by atoms with Gasteiger partial charge < -0.3 is 15.1 Å². The number of aromatic nitrogens is 2. The SMILES string of the molecule is Cc1cccc(Nc2cc(N3CCN(c4cccc(C)c4)CC3)nc(C)n2)c1. The molecular weight excluding hydrogens is 346 g/mol. The Kier molecular flexibility index (Phi) is 5.15. The molecule has 0 spiro atoms. The van der Waals surface area contributed by atoms with Crippen LogP contribution in [0.5, 0.6) is 0 Å². The molecule has 4 rings (SSSR count). The highest BCUT2D eigenvalue weighted by atomic mass is 15.3. The van der Waals surface area contributed by atoms with Crippen molar-refractivity contribution in [3.8, 4) is 0 Å². The molecule has 2 aromatic carbocycles. The monoisotopic (exact) mass is 373 g/mol. The minimum Gasteiger partial charge on any atom is -0.368 e. The lowest BCUT2D eigenvalue weighted by molar-refractivity contribution is 0.646. The third-order valence-electron chi connectivity index (χ3n) is 5.09. The van der Waals surface area contributed by atoms with Gasteiger partial charge in [-0.3, -0.25) is 0 Å². The van der Waals surface area contributed by atoms with Crippen molar-refractivity contribution < 1.29 is 0 Å². The van der Waals surface area contributed by atoms with Crippen molar-refractivity contribution in [1.29, 1.82) is 0 Å². The van der Waals surface area contributed by atoms with E-state index in [1.807, 2.05) is 6.92 Å². The Balaban J connectivity index is 1.47. The van der Waals surface area contributed by atoms with Crippen LogP contribution in [-0.4, -0.2) is 36.1 Å². The van der Waals surface area contributed by atoms with E-state index in [1.165, 1.54) is 16.8 Å². The quantitative estimate of drug-likeness (QED) is 0.731. The molecule has 1 saturated heterocycles. The van der Waals surface area contributed by atoms with Gasteiger partial charge in [0.05, 0.1) is 0 Å². The third-order valence-corrected chi connectivity index (χ3v) is 5.09. The van der Waals surface area contributed by atoms with Crippen molar-refractivity contribution in [1.82, 2.24) is 9.97 Å². The van der Waals surface area contributed by atoms with E-state index in [-0.39, 0.29) is 0 Å². The first-order chi connectivity index (χ1) is 13.6. The number of benzene rings is 2. The molecule has 1 aliphatic heterocycles. The molecule has 144 valence electrons. The van der Waals surface area contributed by atoms with Crippen LogP contribution in [0.1, 0.15) is 17.0 Å². The Bertz CT molecular complexity index is 961. The number of rotatable bonds is 4. The van der Waals surface area contributed by atoms with Crippen LogP contribution in [0.15, 0.2) is 54.6 Å². The molecular formula is C23H27N5. The van der Waals surface area contributed by atoms with Gasteiger partial charge in [0, 0.05) is 43.6 Å². The first-order valence-electron chi connectivity index (χ1n) is 9.83. The summed E-state index contributed by atoms with van der Waals surface area (Å²) >= 11 is 0. The zero-order chi connectivity index (χ0) is 19.5.